The highest BCUT2D eigenvalue weighted by atomic mass is 32.2. The second kappa shape index (κ2) is 7.50. The van der Waals surface area contributed by atoms with Gasteiger partial charge in [-0.05, 0) is 40.8 Å². The molecule has 0 atom stereocenters. The highest BCUT2D eigenvalue weighted by Crippen LogP contribution is 2.29. The Bertz CT molecular complexity index is 1060. The fourth-order valence-corrected chi connectivity index (χ4v) is 4.69. The number of fused-ring (bicyclic) bond motifs is 3. The van der Waals surface area contributed by atoms with Crippen molar-refractivity contribution in [3.63, 3.8) is 0 Å². The molecule has 0 saturated heterocycles. The monoisotopic (exact) mass is 374 g/mol. The lowest BCUT2D eigenvalue weighted by atomic mass is 10.0. The summed E-state index contributed by atoms with van der Waals surface area (Å²) in [6, 6.07) is 9.82. The maximum Gasteiger partial charge on any atom is 0.394 e. The number of aryl methyl sites for hydroxylation is 1. The third-order valence-electron chi connectivity index (χ3n) is 4.28. The van der Waals surface area contributed by atoms with Gasteiger partial charge < -0.3 is 9.15 Å². The van der Waals surface area contributed by atoms with Gasteiger partial charge in [-0.15, -0.1) is 0 Å². The molecular weight excluding hydrogens is 350 g/mol. The summed E-state index contributed by atoms with van der Waals surface area (Å²) in [5, 5.41) is 2.00. The first kappa shape index (κ1) is 18.5. The Morgan fingerprint density at radius 1 is 1.15 bits per heavy atom. The first-order chi connectivity index (χ1) is 12.5. The Hall–Kier alpha value is -2.34. The summed E-state index contributed by atoms with van der Waals surface area (Å²) in [6.45, 7) is 6.29. The summed E-state index contributed by atoms with van der Waals surface area (Å²) in [5.41, 5.74) is 2.28. The van der Waals surface area contributed by atoms with E-state index in [-0.39, 0.29) is 11.6 Å². The van der Waals surface area contributed by atoms with Crippen LogP contribution in [-0.4, -0.2) is 20.8 Å². The first-order valence-corrected chi connectivity index (χ1v) is 10.5. The van der Waals surface area contributed by atoms with Crippen LogP contribution in [0.2, 0.25) is 0 Å². The molecule has 3 rings (SSSR count). The summed E-state index contributed by atoms with van der Waals surface area (Å²) < 4.78 is 38.4. The molecule has 0 spiro atoms. The number of oxazole rings is 1. The molecule has 5 nitrogen and oxygen atoms in total. The van der Waals surface area contributed by atoms with Crippen LogP contribution in [-0.2, 0) is 21.2 Å². The van der Waals surface area contributed by atoms with Crippen LogP contribution in [0.1, 0.15) is 38.6 Å². The van der Waals surface area contributed by atoms with Gasteiger partial charge in [0.1, 0.15) is 5.75 Å². The van der Waals surface area contributed by atoms with Crippen molar-refractivity contribution in [3.05, 3.63) is 48.0 Å². The lowest BCUT2D eigenvalue weighted by Crippen LogP contribution is -2.45. The molecule has 0 saturated carbocycles. The molecular formula is C20H24NO4S+. The van der Waals surface area contributed by atoms with Gasteiger partial charge in [-0.1, -0.05) is 32.0 Å². The molecule has 0 amide bonds. The van der Waals surface area contributed by atoms with Gasteiger partial charge in [-0.25, -0.2) is 0 Å². The van der Waals surface area contributed by atoms with Gasteiger partial charge in [0.05, 0.1) is 18.9 Å². The Balaban J connectivity index is 2.39. The molecule has 0 aliphatic rings. The van der Waals surface area contributed by atoms with Gasteiger partial charge >= 0.3 is 15.9 Å². The Morgan fingerprint density at radius 3 is 2.65 bits per heavy atom. The van der Waals surface area contributed by atoms with E-state index >= 15 is 0 Å². The quantitative estimate of drug-likeness (QED) is 0.463. The van der Waals surface area contributed by atoms with Crippen molar-refractivity contribution >= 4 is 38.0 Å². The molecule has 0 fully saturated rings. The summed E-state index contributed by atoms with van der Waals surface area (Å²) in [5.74, 6) is 0.301. The van der Waals surface area contributed by atoms with Gasteiger partial charge in [0.25, 0.3) is 5.52 Å². The van der Waals surface area contributed by atoms with Gasteiger partial charge in [0, 0.05) is 11.5 Å². The molecule has 138 valence electrons. The van der Waals surface area contributed by atoms with E-state index in [9.17, 15) is 8.42 Å². The molecule has 0 aliphatic heterocycles. The van der Waals surface area contributed by atoms with Crippen LogP contribution >= 0.6 is 0 Å². The normalized spacial score (nSPS) is 12.4. The van der Waals surface area contributed by atoms with E-state index in [1.165, 1.54) is 10.2 Å². The van der Waals surface area contributed by atoms with Crippen molar-refractivity contribution in [3.8, 4) is 0 Å². The van der Waals surface area contributed by atoms with Crippen LogP contribution in [0.3, 0.4) is 0 Å². The minimum Gasteiger partial charge on any atom is -0.501 e. The molecule has 0 bridgehead atoms. The summed E-state index contributed by atoms with van der Waals surface area (Å²) in [7, 11) is -3.53. The average Bonchev–Trinajstić information content (AvgIpc) is 3.00. The number of benzene rings is 2. The van der Waals surface area contributed by atoms with Gasteiger partial charge in [0.2, 0.25) is 5.58 Å². The summed E-state index contributed by atoms with van der Waals surface area (Å²) in [6.07, 6.45) is 4.41. The highest BCUT2D eigenvalue weighted by molar-refractivity contribution is 7.85. The smallest absolute Gasteiger partial charge is 0.394 e. The molecule has 1 heterocycles. The molecule has 2 aromatic carbocycles. The molecule has 0 unspecified atom stereocenters. The van der Waals surface area contributed by atoms with Crippen LogP contribution in [0.25, 0.3) is 27.9 Å². The fourth-order valence-electron chi connectivity index (χ4n) is 3.17. The molecule has 1 aromatic heterocycles. The lowest BCUT2D eigenvalue weighted by Gasteiger charge is -2.02. The molecule has 3 aromatic rings. The van der Waals surface area contributed by atoms with Crippen molar-refractivity contribution in [2.24, 2.45) is 0 Å². The minimum absolute atomic E-state index is 0.0508. The van der Waals surface area contributed by atoms with Crippen LogP contribution in [0, 0.1) is 0 Å². The summed E-state index contributed by atoms with van der Waals surface area (Å²) in [4.78, 5) is 0. The Morgan fingerprint density at radius 2 is 1.96 bits per heavy atom. The molecule has 0 radical (unpaired) electrons. The van der Waals surface area contributed by atoms with E-state index in [0.717, 1.165) is 22.8 Å². The minimum atomic E-state index is -3.53. The van der Waals surface area contributed by atoms with Crippen molar-refractivity contribution < 1.29 is 21.5 Å². The van der Waals surface area contributed by atoms with E-state index in [4.69, 9.17) is 9.15 Å². The zero-order chi connectivity index (χ0) is 18.7. The zero-order valence-electron chi connectivity index (χ0n) is 15.4. The predicted molar refractivity (Wildman–Crippen MR) is 103 cm³/mol. The van der Waals surface area contributed by atoms with E-state index < -0.39 is 10.0 Å². The molecule has 0 aliphatic carbocycles. The molecule has 6 heteroatoms. The Kier molecular flexibility index (Phi) is 5.32. The largest absolute Gasteiger partial charge is 0.501 e. The highest BCUT2D eigenvalue weighted by Gasteiger charge is 2.33. The van der Waals surface area contributed by atoms with Crippen LogP contribution in [0.4, 0.5) is 0 Å². The predicted octanol–water partition coefficient (Wildman–Crippen LogP) is 4.03. The van der Waals surface area contributed by atoms with Crippen molar-refractivity contribution in [1.82, 2.24) is 0 Å². The van der Waals surface area contributed by atoms with E-state index in [0.29, 0.717) is 24.1 Å². The van der Waals surface area contributed by atoms with Crippen LogP contribution < -0.4 is 3.97 Å². The zero-order valence-corrected chi connectivity index (χ0v) is 16.2. The third-order valence-corrected chi connectivity index (χ3v) is 6.14. The van der Waals surface area contributed by atoms with Crippen molar-refractivity contribution in [2.45, 2.75) is 33.6 Å². The second-order valence-electron chi connectivity index (χ2n) is 6.06. The number of hydrogen-bond donors (Lipinski definition) is 0. The van der Waals surface area contributed by atoms with Crippen LogP contribution in [0.15, 0.2) is 41.0 Å². The van der Waals surface area contributed by atoms with E-state index in [1.807, 2.05) is 44.2 Å². The SMILES string of the molecule is CCCS(=O)(=O)[n+]1c(/C=C/OCC)oc2c3c(CC)cccc3ccc21. The van der Waals surface area contributed by atoms with Gasteiger partial charge in [-0.3, -0.25) is 0 Å². The number of aromatic nitrogens is 1. The topological polar surface area (TPSA) is 60.4 Å². The summed E-state index contributed by atoms with van der Waals surface area (Å²) >= 11 is 0. The number of nitrogens with zero attached hydrogens (tertiary/aromatic N) is 1. The number of rotatable bonds is 7. The third kappa shape index (κ3) is 3.21. The first-order valence-electron chi connectivity index (χ1n) is 8.94. The number of ether oxygens (including phenoxy) is 1. The van der Waals surface area contributed by atoms with E-state index in [2.05, 4.69) is 6.92 Å². The van der Waals surface area contributed by atoms with Crippen molar-refractivity contribution in [1.29, 1.82) is 0 Å². The van der Waals surface area contributed by atoms with E-state index in [1.54, 1.807) is 6.08 Å². The van der Waals surface area contributed by atoms with Crippen LogP contribution in [0.5, 0.6) is 0 Å². The van der Waals surface area contributed by atoms with Crippen molar-refractivity contribution in [2.75, 3.05) is 12.4 Å². The van der Waals surface area contributed by atoms with Gasteiger partial charge in [0.15, 0.2) is 0 Å². The molecule has 26 heavy (non-hydrogen) atoms. The lowest BCUT2D eigenvalue weighted by molar-refractivity contribution is -0.490. The standard InChI is InChI=1S/C20H24NO4S/c1-4-14-26(22,23)21-17-11-10-16-9-7-8-15(5-2)19(16)20(17)25-18(21)12-13-24-6-3/h7-13H,4-6,14H2,1-3H3/q+1/b13-12+. The maximum absolute atomic E-state index is 12.9. The number of hydrogen-bond acceptors (Lipinski definition) is 4. The Labute approximate surface area is 153 Å². The average molecular weight is 374 g/mol. The molecule has 0 N–H and O–H groups in total. The maximum atomic E-state index is 12.9. The fraction of sp³-hybridized carbons (Fsp3) is 0.350. The second-order valence-corrected chi connectivity index (χ2v) is 8.00. The van der Waals surface area contributed by atoms with Gasteiger partial charge in [-0.2, -0.15) is 8.42 Å².